The average Bonchev–Trinajstić information content (AvgIpc) is 3.32. The Morgan fingerprint density at radius 1 is 1.22 bits per heavy atom. The fraction of sp³-hybridized carbons (Fsp3) is 0.471. The number of thiophene rings is 1. The van der Waals surface area contributed by atoms with Crippen molar-refractivity contribution in [3.05, 3.63) is 20.8 Å². The van der Waals surface area contributed by atoms with Crippen LogP contribution in [0.2, 0.25) is 0 Å². The molecule has 0 unspecified atom stereocenters. The highest BCUT2D eigenvalue weighted by Gasteiger charge is 2.19. The number of aromatic nitrogens is 5. The molecule has 3 rings (SSSR count). The molecule has 3 aromatic rings. The molecule has 3 aromatic heterocycles. The summed E-state index contributed by atoms with van der Waals surface area (Å²) < 4.78 is 2.12. The first-order valence-electron chi connectivity index (χ1n) is 8.76. The lowest BCUT2D eigenvalue weighted by Crippen LogP contribution is -2.14. The molecule has 0 aromatic carbocycles. The Morgan fingerprint density at radius 2 is 2.04 bits per heavy atom. The van der Waals surface area contributed by atoms with E-state index < -0.39 is 0 Å². The maximum Gasteiger partial charge on any atom is 0.236 e. The van der Waals surface area contributed by atoms with Crippen LogP contribution in [0.3, 0.4) is 0 Å². The molecule has 0 saturated heterocycles. The van der Waals surface area contributed by atoms with Gasteiger partial charge in [0.2, 0.25) is 11.0 Å². The van der Waals surface area contributed by atoms with E-state index in [0.29, 0.717) is 5.13 Å². The minimum Gasteiger partial charge on any atom is -0.302 e. The highest BCUT2D eigenvalue weighted by Crippen LogP contribution is 2.32. The monoisotopic (exact) mass is 422 g/mol. The van der Waals surface area contributed by atoms with Gasteiger partial charge >= 0.3 is 0 Å². The minimum atomic E-state index is -0.121. The van der Waals surface area contributed by atoms with Gasteiger partial charge in [0.1, 0.15) is 5.01 Å². The smallest absolute Gasteiger partial charge is 0.236 e. The molecule has 27 heavy (non-hydrogen) atoms. The number of hydrogen-bond donors (Lipinski definition) is 1. The second kappa shape index (κ2) is 8.94. The van der Waals surface area contributed by atoms with Crippen LogP contribution in [0, 0.1) is 13.8 Å². The third-order valence-electron chi connectivity index (χ3n) is 3.97. The Labute approximate surface area is 170 Å². The van der Waals surface area contributed by atoms with Gasteiger partial charge in [0.05, 0.1) is 5.75 Å². The van der Waals surface area contributed by atoms with Crippen molar-refractivity contribution in [2.24, 2.45) is 0 Å². The topological polar surface area (TPSA) is 85.6 Å². The van der Waals surface area contributed by atoms with Gasteiger partial charge in [0, 0.05) is 22.4 Å². The summed E-state index contributed by atoms with van der Waals surface area (Å²) >= 11 is 4.50. The van der Waals surface area contributed by atoms with Crippen LogP contribution < -0.4 is 5.32 Å². The van der Waals surface area contributed by atoms with Gasteiger partial charge in [0.25, 0.3) is 0 Å². The van der Waals surface area contributed by atoms with E-state index in [1.807, 2.05) is 6.92 Å². The number of carbonyl (C=O) groups is 1. The summed E-state index contributed by atoms with van der Waals surface area (Å²) in [6.45, 7) is 9.10. The first kappa shape index (κ1) is 20.0. The number of amides is 1. The van der Waals surface area contributed by atoms with Crippen LogP contribution in [0.4, 0.5) is 5.13 Å². The molecule has 0 radical (unpaired) electrons. The quantitative estimate of drug-likeness (QED) is 0.548. The minimum absolute atomic E-state index is 0.121. The summed E-state index contributed by atoms with van der Waals surface area (Å²) in [6, 6.07) is 0. The Morgan fingerprint density at radius 3 is 2.70 bits per heavy atom. The van der Waals surface area contributed by atoms with Crippen molar-refractivity contribution in [2.45, 2.75) is 52.2 Å². The van der Waals surface area contributed by atoms with Gasteiger partial charge in [-0.05, 0) is 32.3 Å². The predicted octanol–water partition coefficient (Wildman–Crippen LogP) is 4.18. The Balaban J connectivity index is 1.75. The molecule has 0 bridgehead atoms. The number of rotatable bonds is 8. The first-order chi connectivity index (χ1) is 13.0. The highest BCUT2D eigenvalue weighted by atomic mass is 32.2. The number of thioether (sulfide) groups is 1. The molecule has 0 aliphatic heterocycles. The van der Waals surface area contributed by atoms with Crippen molar-refractivity contribution >= 4 is 45.5 Å². The number of anilines is 1. The molecular formula is C17H22N6OS3. The molecule has 7 nitrogen and oxygen atoms in total. The SMILES string of the molecule is CCCn1c(SCC(=O)Nc2nnc(C)s2)nnc1-c1csc(C)c1CC. The largest absolute Gasteiger partial charge is 0.302 e. The van der Waals surface area contributed by atoms with Crippen molar-refractivity contribution in [1.29, 1.82) is 0 Å². The number of nitrogens with one attached hydrogen (secondary N) is 1. The third kappa shape index (κ3) is 4.56. The van der Waals surface area contributed by atoms with Gasteiger partial charge in [-0.3, -0.25) is 10.1 Å². The molecule has 10 heteroatoms. The average molecular weight is 423 g/mol. The van der Waals surface area contributed by atoms with Gasteiger partial charge in [-0.15, -0.1) is 31.7 Å². The van der Waals surface area contributed by atoms with E-state index in [0.717, 1.165) is 40.9 Å². The van der Waals surface area contributed by atoms with E-state index in [4.69, 9.17) is 0 Å². The summed E-state index contributed by atoms with van der Waals surface area (Å²) in [5.74, 6) is 1.02. The molecule has 0 aliphatic rings. The van der Waals surface area contributed by atoms with E-state index in [1.165, 1.54) is 33.5 Å². The van der Waals surface area contributed by atoms with E-state index in [1.54, 1.807) is 11.3 Å². The van der Waals surface area contributed by atoms with E-state index in [9.17, 15) is 4.79 Å². The van der Waals surface area contributed by atoms with Crippen molar-refractivity contribution in [1.82, 2.24) is 25.0 Å². The molecule has 0 aliphatic carbocycles. The summed E-state index contributed by atoms with van der Waals surface area (Å²) in [7, 11) is 0. The lowest BCUT2D eigenvalue weighted by atomic mass is 10.1. The fourth-order valence-electron chi connectivity index (χ4n) is 2.76. The van der Waals surface area contributed by atoms with Crippen LogP contribution in [0.25, 0.3) is 11.4 Å². The maximum atomic E-state index is 12.2. The van der Waals surface area contributed by atoms with E-state index in [-0.39, 0.29) is 11.7 Å². The predicted molar refractivity (Wildman–Crippen MR) is 112 cm³/mol. The highest BCUT2D eigenvalue weighted by molar-refractivity contribution is 7.99. The van der Waals surface area contributed by atoms with Crippen molar-refractivity contribution < 1.29 is 4.79 Å². The zero-order valence-corrected chi connectivity index (χ0v) is 18.2. The van der Waals surface area contributed by atoms with Gasteiger partial charge < -0.3 is 4.57 Å². The van der Waals surface area contributed by atoms with Gasteiger partial charge in [-0.25, -0.2) is 0 Å². The molecule has 1 amide bonds. The van der Waals surface area contributed by atoms with Crippen LogP contribution in [0.5, 0.6) is 0 Å². The number of aryl methyl sites for hydroxylation is 2. The standard InChI is InChI=1S/C17H22N6OS3/c1-5-7-23-15(13-8-25-10(3)12(13)6-2)20-22-17(23)26-9-14(24)18-16-21-19-11(4)27-16/h8H,5-7,9H2,1-4H3,(H,18,21,24). The number of nitrogens with zero attached hydrogens (tertiary/aromatic N) is 5. The molecular weight excluding hydrogens is 400 g/mol. The van der Waals surface area contributed by atoms with Gasteiger partial charge in [-0.1, -0.05) is 36.9 Å². The summed E-state index contributed by atoms with van der Waals surface area (Å²) in [5.41, 5.74) is 2.48. The second-order valence-electron chi connectivity index (χ2n) is 5.96. The molecule has 1 N–H and O–H groups in total. The van der Waals surface area contributed by atoms with Gasteiger partial charge in [0.15, 0.2) is 11.0 Å². The van der Waals surface area contributed by atoms with Crippen molar-refractivity contribution in [3.63, 3.8) is 0 Å². The number of carbonyl (C=O) groups excluding carboxylic acids is 1. The van der Waals surface area contributed by atoms with Crippen LogP contribution >= 0.6 is 34.4 Å². The zero-order chi connectivity index (χ0) is 19.4. The molecule has 0 fully saturated rings. The fourth-order valence-corrected chi connectivity index (χ4v) is 5.07. The Kier molecular flexibility index (Phi) is 6.61. The molecule has 0 saturated carbocycles. The molecule has 0 spiro atoms. The van der Waals surface area contributed by atoms with Crippen LogP contribution in [-0.4, -0.2) is 36.6 Å². The zero-order valence-electron chi connectivity index (χ0n) is 15.8. The lowest BCUT2D eigenvalue weighted by Gasteiger charge is -2.09. The Hall–Kier alpha value is -1.78. The summed E-state index contributed by atoms with van der Waals surface area (Å²) in [5, 5.41) is 23.7. The summed E-state index contributed by atoms with van der Waals surface area (Å²) in [4.78, 5) is 13.5. The van der Waals surface area contributed by atoms with E-state index in [2.05, 4.69) is 56.4 Å². The third-order valence-corrected chi connectivity index (χ3v) is 6.64. The second-order valence-corrected chi connectivity index (χ2v) is 9.17. The van der Waals surface area contributed by atoms with Crippen LogP contribution in [-0.2, 0) is 17.8 Å². The van der Waals surface area contributed by atoms with Crippen molar-refractivity contribution in [3.8, 4) is 11.4 Å². The molecule has 0 atom stereocenters. The van der Waals surface area contributed by atoms with E-state index >= 15 is 0 Å². The molecule has 144 valence electrons. The summed E-state index contributed by atoms with van der Waals surface area (Å²) in [6.07, 6.45) is 1.94. The van der Waals surface area contributed by atoms with Gasteiger partial charge in [-0.2, -0.15) is 0 Å². The first-order valence-corrected chi connectivity index (χ1v) is 11.4. The van der Waals surface area contributed by atoms with Crippen molar-refractivity contribution in [2.75, 3.05) is 11.1 Å². The normalized spacial score (nSPS) is 11.1. The van der Waals surface area contributed by atoms with Crippen LogP contribution in [0.1, 0.15) is 35.7 Å². The lowest BCUT2D eigenvalue weighted by molar-refractivity contribution is -0.113. The Bertz CT molecular complexity index is 929. The number of hydrogen-bond acceptors (Lipinski definition) is 8. The van der Waals surface area contributed by atoms with Crippen LogP contribution in [0.15, 0.2) is 10.5 Å². The molecule has 3 heterocycles. The maximum absolute atomic E-state index is 12.2.